The topological polar surface area (TPSA) is 20.3 Å². The predicted octanol–water partition coefficient (Wildman–Crippen LogP) is 1.73. The molecular formula is C8H10F3NO. The molecule has 0 saturated carbocycles. The average Bonchev–Trinajstić information content (AvgIpc) is 2.03. The summed E-state index contributed by atoms with van der Waals surface area (Å²) in [5.74, 6) is -1.74. The lowest BCUT2D eigenvalue weighted by Crippen LogP contribution is -2.43. The zero-order chi connectivity index (χ0) is 10.1. The van der Waals surface area contributed by atoms with E-state index >= 15 is 0 Å². The van der Waals surface area contributed by atoms with Crippen LogP contribution in [0.4, 0.5) is 13.2 Å². The van der Waals surface area contributed by atoms with Crippen molar-refractivity contribution < 1.29 is 18.0 Å². The number of carbonyl (C=O) groups excluding carboxylic acids is 1. The van der Waals surface area contributed by atoms with Gasteiger partial charge in [0, 0.05) is 13.1 Å². The van der Waals surface area contributed by atoms with Crippen molar-refractivity contribution in [2.45, 2.75) is 19.5 Å². The summed E-state index contributed by atoms with van der Waals surface area (Å²) >= 11 is 0. The van der Waals surface area contributed by atoms with Crippen molar-refractivity contribution >= 4 is 5.91 Å². The van der Waals surface area contributed by atoms with Crippen LogP contribution < -0.4 is 0 Å². The van der Waals surface area contributed by atoms with E-state index in [1.165, 1.54) is 0 Å². The van der Waals surface area contributed by atoms with E-state index in [0.29, 0.717) is 6.42 Å². The van der Waals surface area contributed by atoms with E-state index in [1.807, 2.05) is 6.92 Å². The SMILES string of the molecule is CC1=CCN(C(=O)C(F)(F)F)CC1. The Bertz CT molecular complexity index is 244. The minimum absolute atomic E-state index is 0.0736. The van der Waals surface area contributed by atoms with Gasteiger partial charge in [-0.25, -0.2) is 0 Å². The second kappa shape index (κ2) is 3.40. The molecule has 0 aromatic rings. The summed E-state index contributed by atoms with van der Waals surface area (Å²) in [6, 6.07) is 0. The number of rotatable bonds is 0. The number of halogens is 3. The quantitative estimate of drug-likeness (QED) is 0.536. The second-order valence-electron chi connectivity index (χ2n) is 3.05. The standard InChI is InChI=1S/C8H10F3NO/c1-6-2-4-12(5-3-6)7(13)8(9,10)11/h2H,3-5H2,1H3. The van der Waals surface area contributed by atoms with Crippen LogP contribution in [0.15, 0.2) is 11.6 Å². The Morgan fingerprint density at radius 3 is 2.54 bits per heavy atom. The maximum atomic E-state index is 11.9. The molecule has 0 aromatic carbocycles. The zero-order valence-corrected chi connectivity index (χ0v) is 7.19. The van der Waals surface area contributed by atoms with Gasteiger partial charge in [0.05, 0.1) is 0 Å². The summed E-state index contributed by atoms with van der Waals surface area (Å²) in [5, 5.41) is 0. The Labute approximate surface area is 74.0 Å². The molecule has 0 aliphatic carbocycles. The molecule has 0 fully saturated rings. The second-order valence-corrected chi connectivity index (χ2v) is 3.05. The first-order chi connectivity index (χ1) is 5.91. The van der Waals surface area contributed by atoms with Gasteiger partial charge in [-0.15, -0.1) is 0 Å². The van der Waals surface area contributed by atoms with Crippen molar-refractivity contribution in [2.75, 3.05) is 13.1 Å². The molecule has 0 saturated heterocycles. The van der Waals surface area contributed by atoms with Crippen molar-refractivity contribution in [2.24, 2.45) is 0 Å². The maximum absolute atomic E-state index is 11.9. The van der Waals surface area contributed by atoms with Gasteiger partial charge in [-0.1, -0.05) is 11.6 Å². The van der Waals surface area contributed by atoms with E-state index in [4.69, 9.17) is 0 Å². The summed E-state index contributed by atoms with van der Waals surface area (Å²) in [7, 11) is 0. The first kappa shape index (κ1) is 10.1. The molecule has 0 N–H and O–H groups in total. The zero-order valence-electron chi connectivity index (χ0n) is 7.19. The number of nitrogens with zero attached hydrogens (tertiary/aromatic N) is 1. The van der Waals surface area contributed by atoms with Crippen LogP contribution in [0.25, 0.3) is 0 Å². The molecule has 0 atom stereocenters. The van der Waals surface area contributed by atoms with Gasteiger partial charge in [0.1, 0.15) is 0 Å². The van der Waals surface area contributed by atoms with Crippen molar-refractivity contribution in [3.8, 4) is 0 Å². The first-order valence-electron chi connectivity index (χ1n) is 3.93. The van der Waals surface area contributed by atoms with Crippen LogP contribution in [-0.2, 0) is 4.79 Å². The third-order valence-electron chi connectivity index (χ3n) is 1.97. The Balaban J connectivity index is 2.61. The van der Waals surface area contributed by atoms with Gasteiger partial charge in [-0.05, 0) is 13.3 Å². The minimum Gasteiger partial charge on any atom is -0.331 e. The summed E-state index contributed by atoms with van der Waals surface area (Å²) in [4.78, 5) is 11.5. The van der Waals surface area contributed by atoms with Crippen molar-refractivity contribution in [3.05, 3.63) is 11.6 Å². The van der Waals surface area contributed by atoms with Crippen LogP contribution in [0.3, 0.4) is 0 Å². The maximum Gasteiger partial charge on any atom is 0.471 e. The van der Waals surface area contributed by atoms with Crippen molar-refractivity contribution in [1.29, 1.82) is 0 Å². The van der Waals surface area contributed by atoms with E-state index in [9.17, 15) is 18.0 Å². The highest BCUT2D eigenvalue weighted by molar-refractivity contribution is 5.82. The van der Waals surface area contributed by atoms with Crippen LogP contribution in [0, 0.1) is 0 Å². The third kappa shape index (κ3) is 2.47. The minimum atomic E-state index is -4.74. The molecule has 2 nitrogen and oxygen atoms in total. The molecule has 0 spiro atoms. The number of hydrogen-bond acceptors (Lipinski definition) is 1. The van der Waals surface area contributed by atoms with E-state index in [1.54, 1.807) is 6.08 Å². The summed E-state index contributed by atoms with van der Waals surface area (Å²) in [6.45, 7) is 2.08. The highest BCUT2D eigenvalue weighted by Gasteiger charge is 2.42. The van der Waals surface area contributed by atoms with Crippen LogP contribution in [0.2, 0.25) is 0 Å². The summed E-state index contributed by atoms with van der Waals surface area (Å²) in [5.41, 5.74) is 1.03. The van der Waals surface area contributed by atoms with Crippen LogP contribution >= 0.6 is 0 Å². The Hall–Kier alpha value is -1.00. The van der Waals surface area contributed by atoms with Gasteiger partial charge in [-0.3, -0.25) is 4.79 Å². The van der Waals surface area contributed by atoms with Crippen LogP contribution in [-0.4, -0.2) is 30.1 Å². The highest BCUT2D eigenvalue weighted by Crippen LogP contribution is 2.20. The number of amides is 1. The molecule has 1 amide bonds. The number of carbonyl (C=O) groups is 1. The van der Waals surface area contributed by atoms with E-state index in [-0.39, 0.29) is 13.1 Å². The summed E-state index contributed by atoms with van der Waals surface area (Å²) in [6.07, 6.45) is -2.56. The van der Waals surface area contributed by atoms with Gasteiger partial charge in [0.2, 0.25) is 0 Å². The van der Waals surface area contributed by atoms with Gasteiger partial charge in [0.15, 0.2) is 0 Å². The Morgan fingerprint density at radius 1 is 1.54 bits per heavy atom. The molecule has 13 heavy (non-hydrogen) atoms. The lowest BCUT2D eigenvalue weighted by atomic mass is 10.1. The molecule has 0 aromatic heterocycles. The molecule has 0 unspecified atom stereocenters. The van der Waals surface area contributed by atoms with Gasteiger partial charge < -0.3 is 4.90 Å². The largest absolute Gasteiger partial charge is 0.471 e. The Kier molecular flexibility index (Phi) is 2.63. The molecular weight excluding hydrogens is 183 g/mol. The predicted molar refractivity (Wildman–Crippen MR) is 41.0 cm³/mol. The molecule has 0 bridgehead atoms. The van der Waals surface area contributed by atoms with Gasteiger partial charge in [-0.2, -0.15) is 13.2 Å². The first-order valence-corrected chi connectivity index (χ1v) is 3.93. The molecule has 0 radical (unpaired) electrons. The third-order valence-corrected chi connectivity index (χ3v) is 1.97. The number of hydrogen-bond donors (Lipinski definition) is 0. The van der Waals surface area contributed by atoms with E-state index < -0.39 is 12.1 Å². The number of alkyl halides is 3. The fourth-order valence-corrected chi connectivity index (χ4v) is 1.13. The van der Waals surface area contributed by atoms with Gasteiger partial charge in [0.25, 0.3) is 0 Å². The molecule has 1 aliphatic heterocycles. The average molecular weight is 193 g/mol. The van der Waals surface area contributed by atoms with E-state index in [0.717, 1.165) is 10.5 Å². The molecule has 1 aliphatic rings. The summed E-state index contributed by atoms with van der Waals surface area (Å²) < 4.78 is 35.8. The molecule has 5 heteroatoms. The van der Waals surface area contributed by atoms with Gasteiger partial charge >= 0.3 is 12.1 Å². The Morgan fingerprint density at radius 2 is 2.15 bits per heavy atom. The van der Waals surface area contributed by atoms with E-state index in [2.05, 4.69) is 0 Å². The van der Waals surface area contributed by atoms with Crippen LogP contribution in [0.1, 0.15) is 13.3 Å². The smallest absolute Gasteiger partial charge is 0.331 e. The van der Waals surface area contributed by atoms with Crippen molar-refractivity contribution in [3.63, 3.8) is 0 Å². The van der Waals surface area contributed by atoms with Crippen LogP contribution in [0.5, 0.6) is 0 Å². The molecule has 74 valence electrons. The van der Waals surface area contributed by atoms with Crippen molar-refractivity contribution in [1.82, 2.24) is 4.90 Å². The normalized spacial score (nSPS) is 18.5. The molecule has 1 rings (SSSR count). The fourth-order valence-electron chi connectivity index (χ4n) is 1.13. The highest BCUT2D eigenvalue weighted by atomic mass is 19.4. The fraction of sp³-hybridized carbons (Fsp3) is 0.625. The lowest BCUT2D eigenvalue weighted by Gasteiger charge is -2.26. The lowest BCUT2D eigenvalue weighted by molar-refractivity contribution is -0.185. The monoisotopic (exact) mass is 193 g/mol. The molecule has 1 heterocycles.